The molecule has 0 aliphatic rings. The zero-order valence-corrected chi connectivity index (χ0v) is 11.0. The zero-order chi connectivity index (χ0) is 14.8. The summed E-state index contributed by atoms with van der Waals surface area (Å²) >= 11 is 0. The molecule has 106 valence electrons. The molecule has 3 aromatic rings. The summed E-state index contributed by atoms with van der Waals surface area (Å²) in [5, 5.41) is 17.1. The Hall–Kier alpha value is -3.03. The lowest BCUT2D eigenvalue weighted by Crippen LogP contribution is -2.07. The molecule has 3 N–H and O–H groups in total. The van der Waals surface area contributed by atoms with Gasteiger partial charge in [0, 0.05) is 11.6 Å². The number of nitrogen functional groups attached to an aromatic ring is 1. The summed E-state index contributed by atoms with van der Waals surface area (Å²) in [7, 11) is 0. The fourth-order valence-corrected chi connectivity index (χ4v) is 2.02. The van der Waals surface area contributed by atoms with Gasteiger partial charge in [0.25, 0.3) is 0 Å². The largest absolute Gasteiger partial charge is 0.481 e. The molecule has 0 atom stereocenters. The van der Waals surface area contributed by atoms with Crippen molar-refractivity contribution in [3.63, 3.8) is 0 Å². The number of aliphatic carboxylic acids is 1. The van der Waals surface area contributed by atoms with Crippen LogP contribution in [0.2, 0.25) is 0 Å². The number of hydrogen-bond acceptors (Lipinski definition) is 6. The maximum Gasteiger partial charge on any atom is 0.309 e. The Morgan fingerprint density at radius 1 is 1.29 bits per heavy atom. The van der Waals surface area contributed by atoms with E-state index in [1.807, 2.05) is 24.3 Å². The van der Waals surface area contributed by atoms with Crippen LogP contribution in [-0.2, 0) is 17.8 Å². The molecular formula is C13H12N6O2. The van der Waals surface area contributed by atoms with Crippen molar-refractivity contribution < 1.29 is 9.90 Å². The highest BCUT2D eigenvalue weighted by Crippen LogP contribution is 2.17. The first-order valence-electron chi connectivity index (χ1n) is 6.24. The number of carboxylic acid groups (broad SMARTS) is 1. The van der Waals surface area contributed by atoms with E-state index in [0.717, 1.165) is 10.9 Å². The molecule has 1 aromatic carbocycles. The molecule has 2 heterocycles. The first kappa shape index (κ1) is 13.0. The van der Waals surface area contributed by atoms with Crippen LogP contribution in [0.25, 0.3) is 10.9 Å². The van der Waals surface area contributed by atoms with Crippen LogP contribution in [-0.4, -0.2) is 36.0 Å². The molecular weight excluding hydrogens is 272 g/mol. The number of rotatable bonds is 4. The van der Waals surface area contributed by atoms with Crippen LogP contribution in [0.3, 0.4) is 0 Å². The number of aromatic nitrogens is 5. The Labute approximate surface area is 119 Å². The predicted octanol–water partition coefficient (Wildman–Crippen LogP) is 0.479. The lowest BCUT2D eigenvalue weighted by molar-refractivity contribution is -0.136. The summed E-state index contributed by atoms with van der Waals surface area (Å²) in [5.74, 6) is -0.0484. The number of nitrogens with zero attached hydrogens (tertiary/aromatic N) is 5. The van der Waals surface area contributed by atoms with E-state index in [2.05, 4.69) is 20.3 Å². The van der Waals surface area contributed by atoms with Crippen LogP contribution in [0.4, 0.5) is 5.82 Å². The monoisotopic (exact) mass is 284 g/mol. The molecule has 8 nitrogen and oxygen atoms in total. The molecule has 0 unspecified atom stereocenters. The molecule has 0 saturated carbocycles. The van der Waals surface area contributed by atoms with Crippen molar-refractivity contribution in [2.45, 2.75) is 13.0 Å². The highest BCUT2D eigenvalue weighted by molar-refractivity contribution is 5.87. The van der Waals surface area contributed by atoms with E-state index >= 15 is 0 Å². The molecule has 8 heteroatoms. The van der Waals surface area contributed by atoms with Gasteiger partial charge in [-0.2, -0.15) is 0 Å². The topological polar surface area (TPSA) is 120 Å². The first-order valence-corrected chi connectivity index (χ1v) is 6.24. The van der Waals surface area contributed by atoms with Gasteiger partial charge in [-0.3, -0.25) is 4.79 Å². The zero-order valence-electron chi connectivity index (χ0n) is 11.0. The maximum atomic E-state index is 10.6. The first-order chi connectivity index (χ1) is 10.1. The fraction of sp³-hybridized carbons (Fsp3) is 0.154. The van der Waals surface area contributed by atoms with Gasteiger partial charge in [0.1, 0.15) is 12.4 Å². The Bertz CT molecular complexity index is 813. The maximum absolute atomic E-state index is 10.6. The molecule has 0 amide bonds. The summed E-state index contributed by atoms with van der Waals surface area (Å²) in [4.78, 5) is 19.2. The third kappa shape index (κ3) is 2.78. The quantitative estimate of drug-likeness (QED) is 0.714. The SMILES string of the molecule is Nc1nc(Cn2cc(CC(=O)O)nn2)nc2ccccc12. The van der Waals surface area contributed by atoms with Gasteiger partial charge in [-0.1, -0.05) is 17.3 Å². The van der Waals surface area contributed by atoms with Gasteiger partial charge in [-0.15, -0.1) is 5.10 Å². The van der Waals surface area contributed by atoms with E-state index in [1.54, 1.807) is 6.20 Å². The van der Waals surface area contributed by atoms with Crippen LogP contribution in [0.5, 0.6) is 0 Å². The summed E-state index contributed by atoms with van der Waals surface area (Å²) < 4.78 is 1.49. The van der Waals surface area contributed by atoms with E-state index in [-0.39, 0.29) is 13.0 Å². The van der Waals surface area contributed by atoms with Crippen molar-refractivity contribution in [1.82, 2.24) is 25.0 Å². The highest BCUT2D eigenvalue weighted by Gasteiger charge is 2.09. The van der Waals surface area contributed by atoms with E-state index in [4.69, 9.17) is 10.8 Å². The third-order valence-corrected chi connectivity index (χ3v) is 2.90. The number of carbonyl (C=O) groups is 1. The number of hydrogen-bond donors (Lipinski definition) is 2. The predicted molar refractivity (Wildman–Crippen MR) is 74.4 cm³/mol. The van der Waals surface area contributed by atoms with Gasteiger partial charge in [0.15, 0.2) is 5.82 Å². The molecule has 0 aliphatic heterocycles. The Morgan fingerprint density at radius 2 is 2.10 bits per heavy atom. The minimum atomic E-state index is -0.951. The molecule has 0 bridgehead atoms. The average molecular weight is 284 g/mol. The van der Waals surface area contributed by atoms with Gasteiger partial charge < -0.3 is 10.8 Å². The molecule has 0 fully saturated rings. The van der Waals surface area contributed by atoms with Crippen molar-refractivity contribution in [1.29, 1.82) is 0 Å². The molecule has 0 aliphatic carbocycles. The highest BCUT2D eigenvalue weighted by atomic mass is 16.4. The standard InChI is InChI=1S/C13H12N6O2/c14-13-9-3-1-2-4-10(9)15-11(16-13)7-19-6-8(17-18-19)5-12(20)21/h1-4,6H,5,7H2,(H,20,21)(H2,14,15,16). The van der Waals surface area contributed by atoms with E-state index < -0.39 is 5.97 Å². The van der Waals surface area contributed by atoms with Crippen LogP contribution in [0.15, 0.2) is 30.5 Å². The molecule has 0 radical (unpaired) electrons. The van der Waals surface area contributed by atoms with Gasteiger partial charge in [0.2, 0.25) is 0 Å². The number of carboxylic acids is 1. The summed E-state index contributed by atoms with van der Waals surface area (Å²) in [6.07, 6.45) is 1.39. The van der Waals surface area contributed by atoms with Crippen LogP contribution in [0.1, 0.15) is 11.5 Å². The molecule has 2 aromatic heterocycles. The van der Waals surface area contributed by atoms with E-state index in [1.165, 1.54) is 4.68 Å². The Morgan fingerprint density at radius 3 is 2.90 bits per heavy atom. The van der Waals surface area contributed by atoms with Gasteiger partial charge >= 0.3 is 5.97 Å². The number of para-hydroxylation sites is 1. The Kier molecular flexibility index (Phi) is 3.19. The van der Waals surface area contributed by atoms with Crippen molar-refractivity contribution in [3.8, 4) is 0 Å². The third-order valence-electron chi connectivity index (χ3n) is 2.90. The molecule has 21 heavy (non-hydrogen) atoms. The van der Waals surface area contributed by atoms with E-state index in [9.17, 15) is 4.79 Å². The normalized spacial score (nSPS) is 10.9. The molecule has 0 saturated heterocycles. The van der Waals surface area contributed by atoms with Crippen molar-refractivity contribution >= 4 is 22.7 Å². The number of anilines is 1. The number of benzene rings is 1. The second-order valence-electron chi connectivity index (χ2n) is 4.52. The van der Waals surface area contributed by atoms with Crippen molar-refractivity contribution in [2.75, 3.05) is 5.73 Å². The van der Waals surface area contributed by atoms with Gasteiger partial charge in [0.05, 0.1) is 17.6 Å². The number of nitrogens with two attached hydrogens (primary N) is 1. The lowest BCUT2D eigenvalue weighted by atomic mass is 10.2. The Balaban J connectivity index is 1.87. The molecule has 0 spiro atoms. The summed E-state index contributed by atoms with van der Waals surface area (Å²) in [6, 6.07) is 7.46. The fourth-order valence-electron chi connectivity index (χ4n) is 2.02. The second kappa shape index (κ2) is 5.16. The minimum Gasteiger partial charge on any atom is -0.481 e. The lowest BCUT2D eigenvalue weighted by Gasteiger charge is -2.04. The van der Waals surface area contributed by atoms with E-state index in [0.29, 0.717) is 17.3 Å². The van der Waals surface area contributed by atoms with Crippen LogP contribution in [0, 0.1) is 0 Å². The summed E-state index contributed by atoms with van der Waals surface area (Å²) in [6.45, 7) is 0.279. The van der Waals surface area contributed by atoms with Gasteiger partial charge in [-0.25, -0.2) is 14.6 Å². The molecule has 3 rings (SSSR count). The van der Waals surface area contributed by atoms with Crippen LogP contribution >= 0.6 is 0 Å². The van der Waals surface area contributed by atoms with Crippen LogP contribution < -0.4 is 5.73 Å². The van der Waals surface area contributed by atoms with Crippen molar-refractivity contribution in [3.05, 3.63) is 42.0 Å². The second-order valence-corrected chi connectivity index (χ2v) is 4.52. The van der Waals surface area contributed by atoms with Gasteiger partial charge in [-0.05, 0) is 12.1 Å². The van der Waals surface area contributed by atoms with Crippen molar-refractivity contribution in [2.24, 2.45) is 0 Å². The summed E-state index contributed by atoms with van der Waals surface area (Å²) in [5.41, 5.74) is 7.05. The smallest absolute Gasteiger partial charge is 0.309 e. The number of fused-ring (bicyclic) bond motifs is 1. The average Bonchev–Trinajstić information content (AvgIpc) is 2.85. The minimum absolute atomic E-state index is 0.166.